The van der Waals surface area contributed by atoms with Crippen molar-refractivity contribution in [2.45, 2.75) is 0 Å². The van der Waals surface area contributed by atoms with Crippen LogP contribution in [0.15, 0.2) is 46.5 Å². The molecule has 0 aliphatic heterocycles. The number of H-pyrrole nitrogens is 2. The lowest BCUT2D eigenvalue weighted by atomic mass is 10.2. The van der Waals surface area contributed by atoms with Gasteiger partial charge in [-0.2, -0.15) is 10.2 Å². The predicted molar refractivity (Wildman–Crippen MR) is 82.3 cm³/mol. The highest BCUT2D eigenvalue weighted by molar-refractivity contribution is 5.88. The minimum Gasteiger partial charge on any atom is -0.314 e. The van der Waals surface area contributed by atoms with Crippen LogP contribution in [-0.2, 0) is 7.05 Å². The fraction of sp³-hybridized carbons (Fsp3) is 0.0714. The SMILES string of the molecule is Cn1cc(-n2c(=O)c(=O)[nH]c3c(-c4ccn[nH]4)nccc32)cn1. The third kappa shape index (κ3) is 1.98. The fourth-order valence-corrected chi connectivity index (χ4v) is 2.51. The van der Waals surface area contributed by atoms with Crippen molar-refractivity contribution in [1.82, 2.24) is 34.5 Å². The van der Waals surface area contributed by atoms with E-state index in [4.69, 9.17) is 0 Å². The second kappa shape index (κ2) is 4.77. The lowest BCUT2D eigenvalue weighted by Gasteiger charge is -2.09. The third-order valence-electron chi connectivity index (χ3n) is 3.51. The van der Waals surface area contributed by atoms with Crippen LogP contribution < -0.4 is 11.1 Å². The van der Waals surface area contributed by atoms with E-state index in [2.05, 4.69) is 25.3 Å². The Morgan fingerprint density at radius 2 is 2.04 bits per heavy atom. The van der Waals surface area contributed by atoms with Gasteiger partial charge >= 0.3 is 11.1 Å². The number of aromatic nitrogens is 7. The Hall–Kier alpha value is -3.49. The van der Waals surface area contributed by atoms with E-state index < -0.39 is 11.1 Å². The lowest BCUT2D eigenvalue weighted by Crippen LogP contribution is -2.35. The molecule has 4 aromatic rings. The Labute approximate surface area is 128 Å². The van der Waals surface area contributed by atoms with Gasteiger partial charge in [-0.1, -0.05) is 0 Å². The summed E-state index contributed by atoms with van der Waals surface area (Å²) >= 11 is 0. The number of nitrogens with zero attached hydrogens (tertiary/aromatic N) is 5. The van der Waals surface area contributed by atoms with Gasteiger partial charge in [0.1, 0.15) is 5.69 Å². The summed E-state index contributed by atoms with van der Waals surface area (Å²) in [7, 11) is 1.74. The highest BCUT2D eigenvalue weighted by Crippen LogP contribution is 2.22. The summed E-state index contributed by atoms with van der Waals surface area (Å²) in [6.07, 6.45) is 6.35. The molecule has 9 heteroatoms. The summed E-state index contributed by atoms with van der Waals surface area (Å²) < 4.78 is 2.88. The van der Waals surface area contributed by atoms with E-state index in [1.807, 2.05) is 0 Å². The first kappa shape index (κ1) is 13.2. The summed E-state index contributed by atoms with van der Waals surface area (Å²) in [4.78, 5) is 31.3. The molecule has 0 unspecified atom stereocenters. The van der Waals surface area contributed by atoms with E-state index in [0.29, 0.717) is 28.1 Å². The van der Waals surface area contributed by atoms with Crippen LogP contribution in [0.1, 0.15) is 0 Å². The summed E-state index contributed by atoms with van der Waals surface area (Å²) in [5.41, 5.74) is 1.24. The van der Waals surface area contributed by atoms with Crippen molar-refractivity contribution < 1.29 is 0 Å². The molecule has 4 heterocycles. The molecule has 4 aromatic heterocycles. The van der Waals surface area contributed by atoms with Crippen LogP contribution in [0.5, 0.6) is 0 Å². The van der Waals surface area contributed by atoms with Gasteiger partial charge in [0.25, 0.3) is 0 Å². The molecule has 0 saturated carbocycles. The van der Waals surface area contributed by atoms with E-state index in [1.54, 1.807) is 42.5 Å². The average Bonchev–Trinajstić information content (AvgIpc) is 3.20. The minimum absolute atomic E-state index is 0.449. The van der Waals surface area contributed by atoms with E-state index in [-0.39, 0.29) is 0 Å². The predicted octanol–water partition coefficient (Wildman–Crippen LogP) is 0.198. The molecule has 9 nitrogen and oxygen atoms in total. The first-order chi connectivity index (χ1) is 11.1. The Kier molecular flexibility index (Phi) is 2.73. The van der Waals surface area contributed by atoms with Crippen LogP contribution in [0.4, 0.5) is 0 Å². The smallest absolute Gasteiger partial charge is 0.314 e. The molecule has 0 saturated heterocycles. The molecule has 2 N–H and O–H groups in total. The Balaban J connectivity index is 2.15. The molecule has 0 radical (unpaired) electrons. The van der Waals surface area contributed by atoms with Crippen LogP contribution in [0, 0.1) is 0 Å². The summed E-state index contributed by atoms with van der Waals surface area (Å²) in [5.74, 6) is 0. The maximum atomic E-state index is 12.3. The van der Waals surface area contributed by atoms with Crippen LogP contribution in [0.25, 0.3) is 28.1 Å². The van der Waals surface area contributed by atoms with Crippen LogP contribution >= 0.6 is 0 Å². The maximum absolute atomic E-state index is 12.3. The van der Waals surface area contributed by atoms with Crippen molar-refractivity contribution in [3.05, 3.63) is 57.6 Å². The van der Waals surface area contributed by atoms with Gasteiger partial charge in [0.05, 0.1) is 28.6 Å². The van der Waals surface area contributed by atoms with E-state index in [9.17, 15) is 9.59 Å². The molecule has 0 bridgehead atoms. The molecule has 23 heavy (non-hydrogen) atoms. The molecule has 0 aliphatic carbocycles. The zero-order valence-corrected chi connectivity index (χ0v) is 12.0. The molecular formula is C14H11N7O2. The molecular weight excluding hydrogens is 298 g/mol. The number of fused-ring (bicyclic) bond motifs is 1. The van der Waals surface area contributed by atoms with Crippen LogP contribution in [0.3, 0.4) is 0 Å². The molecule has 0 aromatic carbocycles. The molecule has 4 rings (SSSR count). The summed E-state index contributed by atoms with van der Waals surface area (Å²) in [6.45, 7) is 0. The number of aromatic amines is 2. The molecule has 0 atom stereocenters. The second-order valence-corrected chi connectivity index (χ2v) is 4.99. The largest absolute Gasteiger partial charge is 0.321 e. The fourth-order valence-electron chi connectivity index (χ4n) is 2.51. The standard InChI is InChI=1S/C14H11N7O2/c1-20-7-8(6-17-20)21-10-3-4-15-11(9-2-5-16-19-9)12(10)18-13(22)14(21)23/h2-7H,1H3,(H,16,19)(H,18,22). The van der Waals surface area contributed by atoms with E-state index in [0.717, 1.165) is 0 Å². The monoisotopic (exact) mass is 309 g/mol. The Bertz CT molecular complexity index is 1120. The zero-order chi connectivity index (χ0) is 16.0. The van der Waals surface area contributed by atoms with Gasteiger partial charge in [-0.05, 0) is 12.1 Å². The highest BCUT2D eigenvalue weighted by Gasteiger charge is 2.15. The van der Waals surface area contributed by atoms with Crippen LogP contribution in [0.2, 0.25) is 0 Å². The third-order valence-corrected chi connectivity index (χ3v) is 3.51. The summed E-state index contributed by atoms with van der Waals surface area (Å²) in [5, 5.41) is 10.8. The number of nitrogens with one attached hydrogen (secondary N) is 2. The number of pyridine rings is 1. The van der Waals surface area contributed by atoms with Gasteiger partial charge in [-0.25, -0.2) is 0 Å². The van der Waals surface area contributed by atoms with Gasteiger partial charge in [0, 0.05) is 25.6 Å². The highest BCUT2D eigenvalue weighted by atomic mass is 16.2. The zero-order valence-electron chi connectivity index (χ0n) is 12.0. The second-order valence-electron chi connectivity index (χ2n) is 4.99. The molecule has 0 spiro atoms. The minimum atomic E-state index is -0.727. The average molecular weight is 309 g/mol. The topological polar surface area (TPSA) is 114 Å². The molecule has 0 fully saturated rings. The van der Waals surface area contributed by atoms with Crippen molar-refractivity contribution in [2.24, 2.45) is 7.05 Å². The molecule has 114 valence electrons. The number of hydrogen-bond acceptors (Lipinski definition) is 5. The number of aryl methyl sites for hydroxylation is 1. The first-order valence-corrected chi connectivity index (χ1v) is 6.78. The summed E-state index contributed by atoms with van der Waals surface area (Å²) in [6, 6.07) is 3.40. The van der Waals surface area contributed by atoms with E-state index in [1.165, 1.54) is 10.8 Å². The quantitative estimate of drug-likeness (QED) is 0.513. The van der Waals surface area contributed by atoms with Gasteiger partial charge < -0.3 is 4.98 Å². The van der Waals surface area contributed by atoms with Gasteiger partial charge in [0.15, 0.2) is 0 Å². The number of rotatable bonds is 2. The van der Waals surface area contributed by atoms with Gasteiger partial charge in [0.2, 0.25) is 0 Å². The first-order valence-electron chi connectivity index (χ1n) is 6.78. The lowest BCUT2D eigenvalue weighted by molar-refractivity contribution is 0.767. The van der Waals surface area contributed by atoms with Crippen molar-refractivity contribution >= 4 is 11.0 Å². The van der Waals surface area contributed by atoms with Gasteiger partial charge in [-0.15, -0.1) is 0 Å². The normalized spacial score (nSPS) is 11.2. The van der Waals surface area contributed by atoms with Crippen molar-refractivity contribution in [2.75, 3.05) is 0 Å². The molecule has 0 amide bonds. The number of hydrogen-bond donors (Lipinski definition) is 2. The molecule has 0 aliphatic rings. The Morgan fingerprint density at radius 1 is 1.17 bits per heavy atom. The Morgan fingerprint density at radius 3 is 2.74 bits per heavy atom. The van der Waals surface area contributed by atoms with Crippen molar-refractivity contribution in [3.63, 3.8) is 0 Å². The van der Waals surface area contributed by atoms with Crippen molar-refractivity contribution in [1.29, 1.82) is 0 Å². The maximum Gasteiger partial charge on any atom is 0.321 e. The van der Waals surface area contributed by atoms with Crippen molar-refractivity contribution in [3.8, 4) is 17.1 Å². The van der Waals surface area contributed by atoms with E-state index >= 15 is 0 Å². The van der Waals surface area contributed by atoms with Crippen LogP contribution in [-0.4, -0.2) is 34.5 Å². The van der Waals surface area contributed by atoms with Gasteiger partial charge in [-0.3, -0.25) is 28.9 Å².